The third kappa shape index (κ3) is 2.14. The number of amides is 2. The van der Waals surface area contributed by atoms with Crippen molar-refractivity contribution >= 4 is 29.3 Å². The molecule has 2 fully saturated rings. The Morgan fingerprint density at radius 1 is 1.32 bits per heavy atom. The Kier molecular flexibility index (Phi) is 3.22. The molecular weight excluding hydrogens is 296 g/mol. The van der Waals surface area contributed by atoms with Gasteiger partial charge in [0.15, 0.2) is 0 Å². The zero-order chi connectivity index (χ0) is 15.3. The van der Waals surface area contributed by atoms with Gasteiger partial charge in [-0.05, 0) is 55.9 Å². The Morgan fingerprint density at radius 3 is 3.00 bits per heavy atom. The van der Waals surface area contributed by atoms with Crippen molar-refractivity contribution in [1.29, 1.82) is 0 Å². The maximum atomic E-state index is 12.6. The summed E-state index contributed by atoms with van der Waals surface area (Å²) in [6.45, 7) is 2.07. The molecule has 0 unspecified atom stereocenters. The summed E-state index contributed by atoms with van der Waals surface area (Å²) in [7, 11) is 0. The van der Waals surface area contributed by atoms with Gasteiger partial charge in [0.05, 0.1) is 4.87 Å². The fourth-order valence-electron chi connectivity index (χ4n) is 3.89. The van der Waals surface area contributed by atoms with Gasteiger partial charge in [-0.1, -0.05) is 6.07 Å². The molecule has 0 spiro atoms. The minimum Gasteiger partial charge on any atom is -0.324 e. The summed E-state index contributed by atoms with van der Waals surface area (Å²) in [4.78, 5) is 26.4. The van der Waals surface area contributed by atoms with Crippen LogP contribution in [0.4, 0.5) is 5.69 Å². The quantitative estimate of drug-likeness (QED) is 0.912. The van der Waals surface area contributed by atoms with Gasteiger partial charge in [0.25, 0.3) is 0 Å². The van der Waals surface area contributed by atoms with Crippen LogP contribution in [0.5, 0.6) is 0 Å². The van der Waals surface area contributed by atoms with Crippen LogP contribution in [0.3, 0.4) is 0 Å². The molecule has 2 saturated heterocycles. The predicted octanol–water partition coefficient (Wildman–Crippen LogP) is 2.57. The average Bonchev–Trinajstić information content (AvgIpc) is 3.15. The number of thioether (sulfide) groups is 1. The molecule has 1 aliphatic carbocycles. The molecule has 22 heavy (non-hydrogen) atoms. The molecule has 1 aromatic carbocycles. The third-order valence-corrected chi connectivity index (χ3v) is 6.62. The molecule has 0 saturated carbocycles. The van der Waals surface area contributed by atoms with Gasteiger partial charge in [-0.25, -0.2) is 0 Å². The van der Waals surface area contributed by atoms with Crippen molar-refractivity contribution < 1.29 is 9.59 Å². The van der Waals surface area contributed by atoms with Crippen LogP contribution in [-0.2, 0) is 22.4 Å². The summed E-state index contributed by atoms with van der Waals surface area (Å²) in [6, 6.07) is 5.85. The van der Waals surface area contributed by atoms with E-state index in [9.17, 15) is 9.59 Å². The molecule has 0 radical (unpaired) electrons. The number of carbonyl (C=O) groups excluding carboxylic acids is 2. The van der Waals surface area contributed by atoms with E-state index >= 15 is 0 Å². The van der Waals surface area contributed by atoms with Crippen LogP contribution in [-0.4, -0.2) is 33.4 Å². The fraction of sp³-hybridized carbons (Fsp3) is 0.529. The summed E-state index contributed by atoms with van der Waals surface area (Å²) < 4.78 is 0. The molecule has 4 nitrogen and oxygen atoms in total. The van der Waals surface area contributed by atoms with Gasteiger partial charge in [0.2, 0.25) is 11.8 Å². The maximum Gasteiger partial charge on any atom is 0.248 e. The molecule has 1 aromatic rings. The summed E-state index contributed by atoms with van der Waals surface area (Å²) >= 11 is 1.73. The largest absolute Gasteiger partial charge is 0.324 e. The molecule has 1 N–H and O–H groups in total. The molecule has 2 amide bonds. The van der Waals surface area contributed by atoms with Crippen molar-refractivity contribution in [3.05, 3.63) is 29.3 Å². The first-order chi connectivity index (χ1) is 10.6. The van der Waals surface area contributed by atoms with Crippen LogP contribution in [0.15, 0.2) is 18.2 Å². The van der Waals surface area contributed by atoms with Gasteiger partial charge in [-0.2, -0.15) is 0 Å². The van der Waals surface area contributed by atoms with Crippen LogP contribution >= 0.6 is 11.8 Å². The monoisotopic (exact) mass is 316 g/mol. The normalized spacial score (nSPS) is 29.6. The zero-order valence-electron chi connectivity index (χ0n) is 12.7. The highest BCUT2D eigenvalue weighted by Crippen LogP contribution is 2.47. The van der Waals surface area contributed by atoms with E-state index in [0.717, 1.165) is 24.9 Å². The molecule has 2 atom stereocenters. The Morgan fingerprint density at radius 2 is 2.14 bits per heavy atom. The molecule has 0 bridgehead atoms. The Hall–Kier alpha value is -1.49. The number of aryl methyl sites for hydroxylation is 2. The van der Waals surface area contributed by atoms with Crippen molar-refractivity contribution in [2.24, 2.45) is 0 Å². The topological polar surface area (TPSA) is 49.4 Å². The smallest absolute Gasteiger partial charge is 0.248 e. The lowest BCUT2D eigenvalue weighted by Crippen LogP contribution is -2.48. The van der Waals surface area contributed by atoms with Crippen molar-refractivity contribution in [3.63, 3.8) is 0 Å². The van der Waals surface area contributed by atoms with Crippen molar-refractivity contribution in [1.82, 2.24) is 4.90 Å². The first-order valence-corrected chi connectivity index (χ1v) is 8.94. The Bertz CT molecular complexity index is 660. The molecule has 116 valence electrons. The average molecular weight is 316 g/mol. The predicted molar refractivity (Wildman–Crippen MR) is 87.8 cm³/mol. The molecular formula is C17H20N2O2S. The standard InChI is InChI=1S/C17H20N2O2S/c1-17-8-7-15(20)19(17)14(10-22-17)16(21)18-13-6-5-11-3-2-4-12(11)9-13/h5-6,9,14H,2-4,7-8,10H2,1H3,(H,18,21)/t14-,17-/m1/s1. The molecule has 3 aliphatic rings. The number of hydrogen-bond acceptors (Lipinski definition) is 3. The minimum atomic E-state index is -0.335. The van der Waals surface area contributed by atoms with Crippen LogP contribution in [0.25, 0.3) is 0 Å². The van der Waals surface area contributed by atoms with Crippen molar-refractivity contribution in [2.75, 3.05) is 11.1 Å². The van der Waals surface area contributed by atoms with Crippen molar-refractivity contribution in [2.45, 2.75) is 49.9 Å². The van der Waals surface area contributed by atoms with Gasteiger partial charge >= 0.3 is 0 Å². The second-order valence-corrected chi connectivity index (χ2v) is 8.09. The minimum absolute atomic E-state index is 0.0515. The van der Waals surface area contributed by atoms with Gasteiger partial charge in [0, 0.05) is 17.9 Å². The number of fused-ring (bicyclic) bond motifs is 2. The number of anilines is 1. The Labute approximate surface area is 134 Å². The zero-order valence-corrected chi connectivity index (χ0v) is 13.5. The second-order valence-electron chi connectivity index (χ2n) is 6.59. The van der Waals surface area contributed by atoms with Gasteiger partial charge in [0.1, 0.15) is 6.04 Å². The highest BCUT2D eigenvalue weighted by Gasteiger charge is 2.52. The summed E-state index contributed by atoms with van der Waals surface area (Å²) in [5.74, 6) is 0.755. The van der Waals surface area contributed by atoms with E-state index in [1.165, 1.54) is 17.5 Å². The summed E-state index contributed by atoms with van der Waals surface area (Å²) in [5, 5.41) is 3.02. The fourth-order valence-corrected chi connectivity index (χ4v) is 5.32. The highest BCUT2D eigenvalue weighted by molar-refractivity contribution is 8.01. The first-order valence-electron chi connectivity index (χ1n) is 7.96. The van der Waals surface area contributed by atoms with E-state index in [-0.39, 0.29) is 22.7 Å². The van der Waals surface area contributed by atoms with E-state index in [0.29, 0.717) is 12.2 Å². The number of rotatable bonds is 2. The molecule has 4 rings (SSSR count). The van der Waals surface area contributed by atoms with E-state index < -0.39 is 0 Å². The van der Waals surface area contributed by atoms with Gasteiger partial charge < -0.3 is 10.2 Å². The van der Waals surface area contributed by atoms with Gasteiger partial charge in [-0.15, -0.1) is 11.8 Å². The van der Waals surface area contributed by atoms with E-state index in [1.54, 1.807) is 16.7 Å². The lowest BCUT2D eigenvalue weighted by atomic mass is 10.1. The van der Waals surface area contributed by atoms with Gasteiger partial charge in [-0.3, -0.25) is 9.59 Å². The molecule has 2 aliphatic heterocycles. The lowest BCUT2D eigenvalue weighted by Gasteiger charge is -2.29. The van der Waals surface area contributed by atoms with Crippen molar-refractivity contribution in [3.8, 4) is 0 Å². The SMILES string of the molecule is C[C@@]12CCC(=O)N1[C@@H](C(=O)Nc1ccc3c(c1)CCC3)CS2. The third-order valence-electron chi connectivity index (χ3n) is 5.11. The van der Waals surface area contributed by atoms with Crippen LogP contribution in [0.1, 0.15) is 37.3 Å². The van der Waals surface area contributed by atoms with Crippen LogP contribution in [0, 0.1) is 0 Å². The summed E-state index contributed by atoms with van der Waals surface area (Å²) in [5.41, 5.74) is 3.60. The second kappa shape index (κ2) is 5.01. The van der Waals surface area contributed by atoms with E-state index in [1.807, 2.05) is 6.07 Å². The highest BCUT2D eigenvalue weighted by atomic mass is 32.2. The van der Waals surface area contributed by atoms with E-state index in [2.05, 4.69) is 24.4 Å². The number of hydrogen-bond donors (Lipinski definition) is 1. The Balaban J connectivity index is 1.52. The maximum absolute atomic E-state index is 12.6. The molecule has 5 heteroatoms. The summed E-state index contributed by atoms with van der Waals surface area (Å²) in [6.07, 6.45) is 4.85. The molecule has 0 aromatic heterocycles. The first kappa shape index (κ1) is 14.1. The number of nitrogens with one attached hydrogen (secondary N) is 1. The lowest BCUT2D eigenvalue weighted by molar-refractivity contribution is -0.135. The van der Waals surface area contributed by atoms with E-state index in [4.69, 9.17) is 0 Å². The number of benzene rings is 1. The number of nitrogens with zero attached hydrogens (tertiary/aromatic N) is 1. The van der Waals surface area contributed by atoms with Crippen LogP contribution in [0.2, 0.25) is 0 Å². The number of carbonyl (C=O) groups is 2. The molecule has 2 heterocycles. The van der Waals surface area contributed by atoms with Crippen LogP contribution < -0.4 is 5.32 Å².